The van der Waals surface area contributed by atoms with Crippen molar-refractivity contribution in [1.29, 1.82) is 0 Å². The molecule has 0 fully saturated rings. The molecule has 0 N–H and O–H groups in total. The minimum atomic E-state index is -0.298. The van der Waals surface area contributed by atoms with E-state index >= 15 is 9.59 Å². The van der Waals surface area contributed by atoms with Crippen LogP contribution in [0.2, 0.25) is 0 Å². The van der Waals surface area contributed by atoms with Gasteiger partial charge in [0.15, 0.2) is 0 Å². The second-order valence-electron chi connectivity index (χ2n) is 14.8. The number of nitrogens with zero attached hydrogens (tertiary/aromatic N) is 3. The van der Waals surface area contributed by atoms with Gasteiger partial charge in [0.25, 0.3) is 11.8 Å². The van der Waals surface area contributed by atoms with Crippen LogP contribution in [0.15, 0.2) is 149 Å². The lowest BCUT2D eigenvalue weighted by Crippen LogP contribution is -2.42. The number of rotatable bonds is 5. The number of para-hydroxylation sites is 5. The third kappa shape index (κ3) is 4.59. The molecule has 8 aromatic rings. The molecule has 0 saturated carbocycles. The molecule has 262 valence electrons. The standard InChI is InChI=1S/C48H37N3O2S/c1-28(2)30-16-13-17-31(29(3)4)46(30)51-47(52)34-24-26-40(49-36-18-7-5-14-32(36)33-15-6-8-19-37(33)49)45-41(27-25-35(44(34)45)48(51)53)50-38-20-9-11-22-42(38)54-43-23-12-10-21-39(43)50/h5-29H,1-4H3. The predicted molar refractivity (Wildman–Crippen MR) is 223 cm³/mol. The van der Waals surface area contributed by atoms with Gasteiger partial charge in [-0.25, -0.2) is 4.90 Å². The molecule has 2 aliphatic rings. The first-order chi connectivity index (χ1) is 26.3. The van der Waals surface area contributed by atoms with Crippen molar-refractivity contribution in [2.24, 2.45) is 0 Å². The molecule has 0 atom stereocenters. The second kappa shape index (κ2) is 12.2. The van der Waals surface area contributed by atoms with Crippen LogP contribution in [0.25, 0.3) is 38.3 Å². The van der Waals surface area contributed by atoms with Crippen molar-refractivity contribution in [3.8, 4) is 5.69 Å². The number of fused-ring (bicyclic) bond motifs is 5. The molecule has 10 rings (SSSR count). The second-order valence-corrected chi connectivity index (χ2v) is 15.9. The molecule has 6 heteroatoms. The number of carbonyl (C=O) groups is 2. The van der Waals surface area contributed by atoms with E-state index in [1.54, 1.807) is 11.8 Å². The van der Waals surface area contributed by atoms with Crippen LogP contribution in [0.5, 0.6) is 0 Å². The van der Waals surface area contributed by atoms with Gasteiger partial charge in [0.2, 0.25) is 0 Å². The summed E-state index contributed by atoms with van der Waals surface area (Å²) in [7, 11) is 0. The molecular formula is C48H37N3O2S. The lowest BCUT2D eigenvalue weighted by Gasteiger charge is -2.36. The first-order valence-corrected chi connectivity index (χ1v) is 19.4. The lowest BCUT2D eigenvalue weighted by molar-refractivity contribution is 0.0893. The van der Waals surface area contributed by atoms with Gasteiger partial charge in [0.1, 0.15) is 0 Å². The monoisotopic (exact) mass is 719 g/mol. The highest BCUT2D eigenvalue weighted by atomic mass is 32.2. The highest BCUT2D eigenvalue weighted by Crippen LogP contribution is 2.54. The Morgan fingerprint density at radius 2 is 0.926 bits per heavy atom. The molecule has 0 spiro atoms. The van der Waals surface area contributed by atoms with Gasteiger partial charge in [-0.15, -0.1) is 0 Å². The number of amides is 2. The van der Waals surface area contributed by atoms with E-state index in [0.717, 1.165) is 70.9 Å². The molecule has 54 heavy (non-hydrogen) atoms. The van der Waals surface area contributed by atoms with Crippen LogP contribution >= 0.6 is 11.8 Å². The van der Waals surface area contributed by atoms with E-state index < -0.39 is 0 Å². The quantitative estimate of drug-likeness (QED) is 0.166. The summed E-state index contributed by atoms with van der Waals surface area (Å²) in [5.41, 5.74) is 9.77. The molecule has 0 saturated heterocycles. The van der Waals surface area contributed by atoms with Gasteiger partial charge in [0, 0.05) is 42.5 Å². The number of hydrogen-bond acceptors (Lipinski definition) is 4. The van der Waals surface area contributed by atoms with Gasteiger partial charge in [0.05, 0.1) is 39.5 Å². The van der Waals surface area contributed by atoms with Gasteiger partial charge >= 0.3 is 0 Å². The molecule has 0 radical (unpaired) electrons. The van der Waals surface area contributed by atoms with Crippen molar-refractivity contribution in [1.82, 2.24) is 4.57 Å². The molecule has 2 amide bonds. The Morgan fingerprint density at radius 1 is 0.444 bits per heavy atom. The Hall–Kier alpha value is -6.11. The van der Waals surface area contributed by atoms with Crippen molar-refractivity contribution < 1.29 is 9.59 Å². The summed E-state index contributed by atoms with van der Waals surface area (Å²) in [6.45, 7) is 8.47. The number of hydrogen-bond donors (Lipinski definition) is 0. The van der Waals surface area contributed by atoms with Gasteiger partial charge < -0.3 is 9.47 Å². The van der Waals surface area contributed by atoms with E-state index in [1.807, 2.05) is 18.2 Å². The Morgan fingerprint density at radius 3 is 1.46 bits per heavy atom. The van der Waals surface area contributed by atoms with Crippen LogP contribution in [0.3, 0.4) is 0 Å². The lowest BCUT2D eigenvalue weighted by atomic mass is 9.87. The number of anilines is 4. The van der Waals surface area contributed by atoms with Crippen molar-refractivity contribution in [2.75, 3.05) is 9.80 Å². The van der Waals surface area contributed by atoms with Crippen molar-refractivity contribution in [3.63, 3.8) is 0 Å². The Balaban J connectivity index is 1.33. The third-order valence-electron chi connectivity index (χ3n) is 11.0. The van der Waals surface area contributed by atoms with Crippen LogP contribution in [0, 0.1) is 0 Å². The van der Waals surface area contributed by atoms with Gasteiger partial charge in [-0.2, -0.15) is 0 Å². The maximum Gasteiger partial charge on any atom is 0.266 e. The highest BCUT2D eigenvalue weighted by Gasteiger charge is 2.39. The topological polar surface area (TPSA) is 45.6 Å². The predicted octanol–water partition coefficient (Wildman–Crippen LogP) is 12.9. The summed E-state index contributed by atoms with van der Waals surface area (Å²) in [5.74, 6) is -0.377. The van der Waals surface area contributed by atoms with E-state index in [0.29, 0.717) is 22.2 Å². The van der Waals surface area contributed by atoms with Crippen molar-refractivity contribution >= 4 is 78.9 Å². The van der Waals surface area contributed by atoms with E-state index in [4.69, 9.17) is 0 Å². The van der Waals surface area contributed by atoms with Gasteiger partial charge in [-0.3, -0.25) is 9.59 Å². The van der Waals surface area contributed by atoms with E-state index in [1.165, 1.54) is 4.90 Å². The van der Waals surface area contributed by atoms with E-state index in [9.17, 15) is 0 Å². The smallest absolute Gasteiger partial charge is 0.266 e. The van der Waals surface area contributed by atoms with E-state index in [2.05, 4.69) is 158 Å². The Bertz CT molecular complexity index is 2740. The van der Waals surface area contributed by atoms with Crippen LogP contribution < -0.4 is 9.80 Å². The van der Waals surface area contributed by atoms with Gasteiger partial charge in [-0.05, 0) is 83.6 Å². The zero-order chi connectivity index (χ0) is 36.8. The van der Waals surface area contributed by atoms with Crippen molar-refractivity contribution in [3.05, 3.63) is 162 Å². The molecule has 1 aromatic heterocycles. The first-order valence-electron chi connectivity index (χ1n) is 18.6. The molecular weight excluding hydrogens is 683 g/mol. The number of benzene rings is 7. The number of imide groups is 1. The minimum Gasteiger partial charge on any atom is -0.309 e. The summed E-state index contributed by atoms with van der Waals surface area (Å²) in [4.78, 5) is 36.4. The molecule has 0 aliphatic carbocycles. The zero-order valence-electron chi connectivity index (χ0n) is 30.5. The minimum absolute atomic E-state index is 0.109. The van der Waals surface area contributed by atoms with Crippen LogP contribution in [-0.4, -0.2) is 16.4 Å². The molecule has 3 heterocycles. The Labute approximate surface area is 318 Å². The van der Waals surface area contributed by atoms with Gasteiger partial charge in [-0.1, -0.05) is 118 Å². The summed E-state index contributed by atoms with van der Waals surface area (Å²) < 4.78 is 2.31. The SMILES string of the molecule is CC(C)c1cccc(C(C)C)c1N1C(=O)c2ccc(N3c4ccccc4Sc4ccccc43)c3c(-n4c5ccccc5c5ccccc54)ccc(c23)C1=O. The molecule has 7 aromatic carbocycles. The van der Waals surface area contributed by atoms with Crippen LogP contribution in [0.4, 0.5) is 22.7 Å². The fraction of sp³-hybridized carbons (Fsp3) is 0.125. The van der Waals surface area contributed by atoms with Crippen molar-refractivity contribution in [2.45, 2.75) is 49.3 Å². The number of aromatic nitrogens is 1. The maximum atomic E-state index is 15.2. The maximum absolute atomic E-state index is 15.2. The number of carbonyl (C=O) groups excluding carboxylic acids is 2. The summed E-state index contributed by atoms with van der Waals surface area (Å²) >= 11 is 1.76. The zero-order valence-corrected chi connectivity index (χ0v) is 31.3. The average Bonchev–Trinajstić information content (AvgIpc) is 3.53. The van der Waals surface area contributed by atoms with E-state index in [-0.39, 0.29) is 23.7 Å². The van der Waals surface area contributed by atoms with Crippen LogP contribution in [0.1, 0.15) is 71.4 Å². The summed E-state index contributed by atoms with van der Waals surface area (Å²) in [6.07, 6.45) is 0. The molecule has 2 aliphatic heterocycles. The third-order valence-corrected chi connectivity index (χ3v) is 12.2. The normalized spacial score (nSPS) is 13.8. The highest BCUT2D eigenvalue weighted by molar-refractivity contribution is 7.99. The largest absolute Gasteiger partial charge is 0.309 e. The molecule has 0 bridgehead atoms. The molecule has 5 nitrogen and oxygen atoms in total. The van der Waals surface area contributed by atoms with Crippen LogP contribution in [-0.2, 0) is 0 Å². The molecule has 0 unspecified atom stereocenters. The Kier molecular flexibility index (Phi) is 7.36. The average molecular weight is 720 g/mol. The first kappa shape index (κ1) is 32.5. The fourth-order valence-corrected chi connectivity index (χ4v) is 9.70. The summed E-state index contributed by atoms with van der Waals surface area (Å²) in [5, 5.41) is 3.82. The summed E-state index contributed by atoms with van der Waals surface area (Å²) in [6, 6.07) is 48.1. The fourth-order valence-electron chi connectivity index (χ4n) is 8.64.